The van der Waals surface area contributed by atoms with Crippen LogP contribution in [0.4, 0.5) is 5.69 Å². The first-order valence-corrected chi connectivity index (χ1v) is 5.93. The minimum atomic E-state index is 0.390. The molecule has 0 spiro atoms. The SMILES string of the molecule is Nc1c(-c2ccsc2)cnc(Cl)c1Br. The van der Waals surface area contributed by atoms with E-state index in [0.29, 0.717) is 15.3 Å². The lowest BCUT2D eigenvalue weighted by atomic mass is 10.1. The molecular formula is C9H6BrClN2S. The van der Waals surface area contributed by atoms with Crippen molar-refractivity contribution in [2.75, 3.05) is 5.73 Å². The van der Waals surface area contributed by atoms with Gasteiger partial charge >= 0.3 is 0 Å². The van der Waals surface area contributed by atoms with Crippen molar-refractivity contribution in [1.29, 1.82) is 0 Å². The first-order valence-electron chi connectivity index (χ1n) is 3.82. The first kappa shape index (κ1) is 9.96. The van der Waals surface area contributed by atoms with E-state index in [9.17, 15) is 0 Å². The molecule has 2 N–H and O–H groups in total. The topological polar surface area (TPSA) is 38.9 Å². The summed E-state index contributed by atoms with van der Waals surface area (Å²) in [5.74, 6) is 0. The highest BCUT2D eigenvalue weighted by molar-refractivity contribution is 9.10. The van der Waals surface area contributed by atoms with Gasteiger partial charge in [0, 0.05) is 11.8 Å². The molecule has 0 aliphatic rings. The third-order valence-corrected chi connectivity index (χ3v) is 3.85. The summed E-state index contributed by atoms with van der Waals surface area (Å²) in [6.45, 7) is 0. The molecule has 0 aliphatic heterocycles. The van der Waals surface area contributed by atoms with Gasteiger partial charge in [0.15, 0.2) is 0 Å². The van der Waals surface area contributed by atoms with Gasteiger partial charge in [0.05, 0.1) is 10.2 Å². The van der Waals surface area contributed by atoms with Crippen LogP contribution < -0.4 is 5.73 Å². The normalized spacial score (nSPS) is 10.4. The van der Waals surface area contributed by atoms with Crippen LogP contribution in [0.2, 0.25) is 5.15 Å². The Kier molecular flexibility index (Phi) is 2.76. The fraction of sp³-hybridized carbons (Fsp3) is 0. The molecule has 0 bridgehead atoms. The number of nitrogens with two attached hydrogens (primary N) is 1. The molecule has 0 unspecified atom stereocenters. The van der Waals surface area contributed by atoms with Crippen molar-refractivity contribution in [3.05, 3.63) is 32.6 Å². The Hall–Kier alpha value is -0.580. The monoisotopic (exact) mass is 288 g/mol. The maximum absolute atomic E-state index is 5.91. The Bertz CT molecular complexity index is 456. The molecule has 0 amide bonds. The average molecular weight is 290 g/mol. The highest BCUT2D eigenvalue weighted by Gasteiger charge is 2.09. The molecular weight excluding hydrogens is 284 g/mol. The van der Waals surface area contributed by atoms with E-state index in [1.54, 1.807) is 17.5 Å². The molecule has 2 rings (SSSR count). The number of pyridine rings is 1. The Balaban J connectivity index is 2.61. The van der Waals surface area contributed by atoms with Crippen LogP contribution in [0.25, 0.3) is 11.1 Å². The summed E-state index contributed by atoms with van der Waals surface area (Å²) >= 11 is 10.7. The van der Waals surface area contributed by atoms with E-state index in [0.717, 1.165) is 11.1 Å². The molecule has 2 nitrogen and oxygen atoms in total. The highest BCUT2D eigenvalue weighted by Crippen LogP contribution is 2.35. The molecule has 2 heterocycles. The summed E-state index contributed by atoms with van der Waals surface area (Å²) in [4.78, 5) is 4.04. The van der Waals surface area contributed by atoms with Gasteiger partial charge in [-0.05, 0) is 38.3 Å². The minimum absolute atomic E-state index is 0.390. The Morgan fingerprint density at radius 3 is 2.93 bits per heavy atom. The number of hydrogen-bond donors (Lipinski definition) is 1. The van der Waals surface area contributed by atoms with Crippen molar-refractivity contribution in [3.8, 4) is 11.1 Å². The third kappa shape index (κ3) is 1.65. The standard InChI is InChI=1S/C9H6BrClN2S/c10-7-8(12)6(3-13-9(7)11)5-1-2-14-4-5/h1-4H,(H2,12,13). The quantitative estimate of drug-likeness (QED) is 0.811. The molecule has 72 valence electrons. The van der Waals surface area contributed by atoms with Crippen molar-refractivity contribution in [2.45, 2.75) is 0 Å². The zero-order chi connectivity index (χ0) is 10.1. The van der Waals surface area contributed by atoms with Gasteiger partial charge in [-0.1, -0.05) is 11.6 Å². The van der Waals surface area contributed by atoms with Crippen molar-refractivity contribution in [1.82, 2.24) is 4.98 Å². The second kappa shape index (κ2) is 3.88. The molecule has 5 heteroatoms. The van der Waals surface area contributed by atoms with Gasteiger partial charge in [-0.3, -0.25) is 0 Å². The largest absolute Gasteiger partial charge is 0.397 e. The second-order valence-corrected chi connectivity index (χ2v) is 4.63. The van der Waals surface area contributed by atoms with Crippen LogP contribution in [0.15, 0.2) is 27.5 Å². The van der Waals surface area contributed by atoms with Gasteiger partial charge in [0.1, 0.15) is 5.15 Å². The van der Waals surface area contributed by atoms with Gasteiger partial charge < -0.3 is 5.73 Å². The molecule has 0 saturated heterocycles. The molecule has 0 radical (unpaired) electrons. The van der Waals surface area contributed by atoms with Crippen LogP contribution in [0.3, 0.4) is 0 Å². The number of anilines is 1. The Morgan fingerprint density at radius 1 is 1.50 bits per heavy atom. The summed E-state index contributed by atoms with van der Waals surface area (Å²) < 4.78 is 0.655. The van der Waals surface area contributed by atoms with E-state index in [2.05, 4.69) is 20.9 Å². The minimum Gasteiger partial charge on any atom is -0.397 e. The van der Waals surface area contributed by atoms with Crippen LogP contribution in [-0.4, -0.2) is 4.98 Å². The molecule has 0 atom stereocenters. The Labute approximate surface area is 98.9 Å². The van der Waals surface area contributed by atoms with E-state index in [1.165, 1.54) is 0 Å². The zero-order valence-electron chi connectivity index (χ0n) is 7.00. The van der Waals surface area contributed by atoms with Crippen molar-refractivity contribution in [2.24, 2.45) is 0 Å². The summed E-state index contributed by atoms with van der Waals surface area (Å²) in [5, 5.41) is 4.41. The van der Waals surface area contributed by atoms with E-state index < -0.39 is 0 Å². The molecule has 0 aliphatic carbocycles. The summed E-state index contributed by atoms with van der Waals surface area (Å²) in [6.07, 6.45) is 1.68. The molecule has 0 aromatic carbocycles. The third-order valence-electron chi connectivity index (χ3n) is 1.85. The lowest BCUT2D eigenvalue weighted by Gasteiger charge is -2.05. The number of thiophene rings is 1. The van der Waals surface area contributed by atoms with E-state index in [1.807, 2.05) is 16.8 Å². The lowest BCUT2D eigenvalue weighted by Crippen LogP contribution is -1.93. The van der Waals surface area contributed by atoms with Crippen molar-refractivity contribution in [3.63, 3.8) is 0 Å². The fourth-order valence-electron chi connectivity index (χ4n) is 1.12. The summed E-state index contributed by atoms with van der Waals surface area (Å²) in [5.41, 5.74) is 8.51. The van der Waals surface area contributed by atoms with Crippen LogP contribution in [0.5, 0.6) is 0 Å². The number of nitrogen functional groups attached to an aromatic ring is 1. The van der Waals surface area contributed by atoms with Crippen LogP contribution in [0.1, 0.15) is 0 Å². The van der Waals surface area contributed by atoms with Crippen molar-refractivity contribution < 1.29 is 0 Å². The fourth-order valence-corrected chi connectivity index (χ4v) is 2.25. The molecule has 0 fully saturated rings. The van der Waals surface area contributed by atoms with Crippen molar-refractivity contribution >= 4 is 44.6 Å². The van der Waals surface area contributed by atoms with Gasteiger partial charge in [-0.2, -0.15) is 11.3 Å². The number of aromatic nitrogens is 1. The molecule has 14 heavy (non-hydrogen) atoms. The molecule has 2 aromatic rings. The van der Waals surface area contributed by atoms with Gasteiger partial charge in [0.25, 0.3) is 0 Å². The van der Waals surface area contributed by atoms with Gasteiger partial charge in [-0.25, -0.2) is 4.98 Å². The van der Waals surface area contributed by atoms with Crippen LogP contribution >= 0.6 is 38.9 Å². The number of nitrogens with zero attached hydrogens (tertiary/aromatic N) is 1. The average Bonchev–Trinajstić information content (AvgIpc) is 2.67. The maximum Gasteiger partial charge on any atom is 0.145 e. The lowest BCUT2D eigenvalue weighted by molar-refractivity contribution is 1.31. The van der Waals surface area contributed by atoms with Gasteiger partial charge in [-0.15, -0.1) is 0 Å². The molecule has 2 aromatic heterocycles. The predicted molar refractivity (Wildman–Crippen MR) is 64.7 cm³/mol. The smallest absolute Gasteiger partial charge is 0.145 e. The summed E-state index contributed by atoms with van der Waals surface area (Å²) in [7, 11) is 0. The first-order chi connectivity index (χ1) is 6.70. The summed E-state index contributed by atoms with van der Waals surface area (Å²) in [6, 6.07) is 2.00. The van der Waals surface area contributed by atoms with E-state index in [-0.39, 0.29) is 0 Å². The molecule has 0 saturated carbocycles. The number of halogens is 2. The van der Waals surface area contributed by atoms with Gasteiger partial charge in [0.2, 0.25) is 0 Å². The van der Waals surface area contributed by atoms with Crippen LogP contribution in [-0.2, 0) is 0 Å². The van der Waals surface area contributed by atoms with Crippen LogP contribution in [0, 0.1) is 0 Å². The van der Waals surface area contributed by atoms with E-state index >= 15 is 0 Å². The van der Waals surface area contributed by atoms with E-state index in [4.69, 9.17) is 17.3 Å². The second-order valence-electron chi connectivity index (χ2n) is 2.70. The number of hydrogen-bond acceptors (Lipinski definition) is 3. The number of rotatable bonds is 1. The zero-order valence-corrected chi connectivity index (χ0v) is 10.2. The Morgan fingerprint density at radius 2 is 2.29 bits per heavy atom. The maximum atomic E-state index is 5.91. The highest BCUT2D eigenvalue weighted by atomic mass is 79.9. The predicted octanol–water partition coefficient (Wildman–Crippen LogP) is 3.81.